The Morgan fingerprint density at radius 2 is 1.65 bits per heavy atom. The van der Waals surface area contributed by atoms with E-state index in [2.05, 4.69) is 26.8 Å². The summed E-state index contributed by atoms with van der Waals surface area (Å²) in [5.74, 6) is 5.15. The van der Waals surface area contributed by atoms with Crippen molar-refractivity contribution in [1.29, 1.82) is 0 Å². The zero-order chi connectivity index (χ0) is 15.8. The first kappa shape index (κ1) is 13.2. The van der Waals surface area contributed by atoms with Crippen molar-refractivity contribution in [1.82, 2.24) is 15.2 Å². The van der Waals surface area contributed by atoms with Gasteiger partial charge in [0.25, 0.3) is 11.8 Å². The van der Waals surface area contributed by atoms with Crippen LogP contribution in [-0.4, -0.2) is 33.6 Å². The Morgan fingerprint density at radius 1 is 0.957 bits per heavy atom. The van der Waals surface area contributed by atoms with E-state index in [-0.39, 0.29) is 18.4 Å². The lowest BCUT2D eigenvalue weighted by Crippen LogP contribution is -2.29. The lowest BCUT2D eigenvalue weighted by Gasteiger charge is -2.08. The number of benzene rings is 2. The van der Waals surface area contributed by atoms with Crippen LogP contribution in [0.1, 0.15) is 26.3 Å². The highest BCUT2D eigenvalue weighted by Gasteiger charge is 2.34. The first-order valence-corrected chi connectivity index (χ1v) is 6.90. The van der Waals surface area contributed by atoms with Crippen LogP contribution in [0.4, 0.5) is 0 Å². The zero-order valence-electron chi connectivity index (χ0n) is 11.8. The normalized spacial score (nSPS) is 13.1. The molecule has 1 aliphatic heterocycles. The summed E-state index contributed by atoms with van der Waals surface area (Å²) < 4.78 is 4.62. The summed E-state index contributed by atoms with van der Waals surface area (Å²) in [5.41, 5.74) is 2.82. The molecule has 2 heterocycles. The number of hydrogen-bond acceptors (Lipinski definition) is 5. The lowest BCUT2D eigenvalue weighted by atomic mass is 10.1. The summed E-state index contributed by atoms with van der Waals surface area (Å²) >= 11 is 0. The molecule has 0 fully saturated rings. The Labute approximate surface area is 130 Å². The van der Waals surface area contributed by atoms with Gasteiger partial charge in [0.15, 0.2) is 0 Å². The maximum atomic E-state index is 12.2. The summed E-state index contributed by atoms with van der Waals surface area (Å²) in [6, 6.07) is 12.0. The summed E-state index contributed by atoms with van der Waals surface area (Å²) in [5, 5.41) is 7.46. The average molecular weight is 303 g/mol. The van der Waals surface area contributed by atoms with Crippen LogP contribution >= 0.6 is 0 Å². The van der Waals surface area contributed by atoms with E-state index in [9.17, 15) is 9.59 Å². The van der Waals surface area contributed by atoms with E-state index < -0.39 is 0 Å². The van der Waals surface area contributed by atoms with Gasteiger partial charge in [-0.3, -0.25) is 14.5 Å². The topological polar surface area (TPSA) is 76.3 Å². The number of carbonyl (C=O) groups excluding carboxylic acids is 2. The van der Waals surface area contributed by atoms with Crippen molar-refractivity contribution in [2.45, 2.75) is 0 Å². The molecule has 1 aliphatic rings. The molecule has 0 atom stereocenters. The molecule has 23 heavy (non-hydrogen) atoms. The number of nitrogens with zero attached hydrogens (tertiary/aromatic N) is 3. The monoisotopic (exact) mass is 303 g/mol. The van der Waals surface area contributed by atoms with Gasteiger partial charge in [-0.25, -0.2) is 4.63 Å². The van der Waals surface area contributed by atoms with Gasteiger partial charge in [-0.15, -0.1) is 0 Å². The van der Waals surface area contributed by atoms with E-state index in [0.29, 0.717) is 27.7 Å². The molecule has 0 spiro atoms. The molecule has 110 valence electrons. The third-order valence-electron chi connectivity index (χ3n) is 3.60. The van der Waals surface area contributed by atoms with Gasteiger partial charge in [0.05, 0.1) is 17.7 Å². The van der Waals surface area contributed by atoms with Crippen molar-refractivity contribution < 1.29 is 14.2 Å². The number of imide groups is 1. The maximum Gasteiger partial charge on any atom is 0.262 e. The number of hydrogen-bond donors (Lipinski definition) is 0. The van der Waals surface area contributed by atoms with Crippen LogP contribution in [0.15, 0.2) is 47.1 Å². The van der Waals surface area contributed by atoms with Crippen LogP contribution in [0.5, 0.6) is 0 Å². The predicted molar refractivity (Wildman–Crippen MR) is 80.5 cm³/mol. The Hall–Kier alpha value is -3.46. The highest BCUT2D eigenvalue weighted by atomic mass is 16.6. The second-order valence-corrected chi connectivity index (χ2v) is 5.01. The zero-order valence-corrected chi connectivity index (χ0v) is 11.8. The molecule has 2 amide bonds. The van der Waals surface area contributed by atoms with E-state index in [0.717, 1.165) is 4.90 Å². The minimum atomic E-state index is -0.309. The Balaban J connectivity index is 1.56. The van der Waals surface area contributed by atoms with Crippen LogP contribution < -0.4 is 0 Å². The number of amides is 2. The summed E-state index contributed by atoms with van der Waals surface area (Å²) in [6.07, 6.45) is 0. The van der Waals surface area contributed by atoms with Crippen LogP contribution in [-0.2, 0) is 0 Å². The second kappa shape index (κ2) is 5.07. The van der Waals surface area contributed by atoms with Crippen LogP contribution in [0.3, 0.4) is 0 Å². The lowest BCUT2D eigenvalue weighted by molar-refractivity contribution is 0.0675. The van der Waals surface area contributed by atoms with Gasteiger partial charge in [0.2, 0.25) is 0 Å². The van der Waals surface area contributed by atoms with E-state index in [1.54, 1.807) is 42.5 Å². The molecule has 0 saturated heterocycles. The molecule has 6 heteroatoms. The van der Waals surface area contributed by atoms with Gasteiger partial charge < -0.3 is 0 Å². The predicted octanol–water partition coefficient (Wildman–Crippen LogP) is 1.87. The maximum absolute atomic E-state index is 12.2. The molecular formula is C17H9N3O3. The largest absolute Gasteiger partial charge is 0.269 e. The van der Waals surface area contributed by atoms with E-state index >= 15 is 0 Å². The van der Waals surface area contributed by atoms with Crippen molar-refractivity contribution in [2.75, 3.05) is 6.54 Å². The average Bonchev–Trinajstić information content (AvgIpc) is 3.13. The molecule has 0 N–H and O–H groups in total. The van der Waals surface area contributed by atoms with Crippen LogP contribution in [0, 0.1) is 11.8 Å². The first-order valence-electron chi connectivity index (χ1n) is 6.90. The quantitative estimate of drug-likeness (QED) is 0.506. The smallest absolute Gasteiger partial charge is 0.262 e. The van der Waals surface area contributed by atoms with Gasteiger partial charge in [0.1, 0.15) is 11.0 Å². The Morgan fingerprint density at radius 3 is 2.39 bits per heavy atom. The molecule has 0 bridgehead atoms. The minimum absolute atomic E-state index is 0.0431. The summed E-state index contributed by atoms with van der Waals surface area (Å²) in [6.45, 7) is 0.0431. The van der Waals surface area contributed by atoms with Crippen molar-refractivity contribution in [3.05, 3.63) is 59.2 Å². The molecule has 1 aromatic heterocycles. The molecule has 6 nitrogen and oxygen atoms in total. The molecule has 4 rings (SSSR count). The van der Waals surface area contributed by atoms with E-state index in [1.807, 2.05) is 0 Å². The molecule has 0 unspecified atom stereocenters. The van der Waals surface area contributed by atoms with Crippen molar-refractivity contribution >= 4 is 22.8 Å². The minimum Gasteiger partial charge on any atom is -0.269 e. The van der Waals surface area contributed by atoms with Gasteiger partial charge in [-0.1, -0.05) is 24.0 Å². The van der Waals surface area contributed by atoms with Gasteiger partial charge in [0, 0.05) is 5.56 Å². The van der Waals surface area contributed by atoms with Gasteiger partial charge in [-0.05, 0) is 40.6 Å². The molecule has 0 aliphatic carbocycles. The van der Waals surface area contributed by atoms with Crippen LogP contribution in [0.25, 0.3) is 11.0 Å². The molecule has 2 aromatic carbocycles. The van der Waals surface area contributed by atoms with Crippen LogP contribution in [0.2, 0.25) is 0 Å². The SMILES string of the molecule is O=C1c2ccccc2C(=O)N1CC#Cc1ccc2nonc2c1. The van der Waals surface area contributed by atoms with E-state index in [1.165, 1.54) is 0 Å². The fourth-order valence-electron chi connectivity index (χ4n) is 2.46. The Bertz CT molecular complexity index is 975. The highest BCUT2D eigenvalue weighted by Crippen LogP contribution is 2.21. The number of fused-ring (bicyclic) bond motifs is 2. The standard InChI is InChI=1S/C17H9N3O3/c21-16-12-5-1-2-6-13(12)17(22)20(16)9-3-4-11-7-8-14-15(10-11)19-23-18-14/h1-2,5-8,10H,9H2. The second-order valence-electron chi connectivity index (χ2n) is 5.01. The molecule has 0 radical (unpaired) electrons. The third-order valence-corrected chi connectivity index (χ3v) is 3.60. The van der Waals surface area contributed by atoms with Gasteiger partial charge in [-0.2, -0.15) is 0 Å². The van der Waals surface area contributed by atoms with Gasteiger partial charge >= 0.3 is 0 Å². The molecular weight excluding hydrogens is 294 g/mol. The molecule has 0 saturated carbocycles. The number of aromatic nitrogens is 2. The molecule has 3 aromatic rings. The Kier molecular flexibility index (Phi) is 2.91. The number of rotatable bonds is 1. The van der Waals surface area contributed by atoms with E-state index in [4.69, 9.17) is 0 Å². The van der Waals surface area contributed by atoms with Crippen molar-refractivity contribution in [2.24, 2.45) is 0 Å². The summed E-state index contributed by atoms with van der Waals surface area (Å²) in [4.78, 5) is 25.5. The number of carbonyl (C=O) groups is 2. The van der Waals surface area contributed by atoms with Crippen molar-refractivity contribution in [3.8, 4) is 11.8 Å². The fourth-order valence-corrected chi connectivity index (χ4v) is 2.46. The third kappa shape index (κ3) is 2.15. The summed E-state index contributed by atoms with van der Waals surface area (Å²) in [7, 11) is 0. The fraction of sp³-hybridized carbons (Fsp3) is 0.0588. The van der Waals surface area contributed by atoms with Crippen molar-refractivity contribution in [3.63, 3.8) is 0 Å². The first-order chi connectivity index (χ1) is 11.2. The highest BCUT2D eigenvalue weighted by molar-refractivity contribution is 6.21.